The highest BCUT2D eigenvalue weighted by Crippen LogP contribution is 2.27. The molecule has 28 heavy (non-hydrogen) atoms. The lowest BCUT2D eigenvalue weighted by Crippen LogP contribution is -2.26. The first-order valence-electron chi connectivity index (χ1n) is 9.35. The van der Waals surface area contributed by atoms with Crippen LogP contribution < -0.4 is 4.90 Å². The molecule has 0 unspecified atom stereocenters. The fraction of sp³-hybridized carbons (Fsp3) is 0.227. The van der Waals surface area contributed by atoms with Gasteiger partial charge in [-0.05, 0) is 12.5 Å². The number of aryl methyl sites for hydroxylation is 1. The van der Waals surface area contributed by atoms with Crippen molar-refractivity contribution < 1.29 is 5.11 Å². The van der Waals surface area contributed by atoms with Crippen LogP contribution in [0.1, 0.15) is 16.8 Å². The van der Waals surface area contributed by atoms with Gasteiger partial charge in [0.05, 0.1) is 6.61 Å². The van der Waals surface area contributed by atoms with E-state index in [0.29, 0.717) is 18.1 Å². The molecule has 0 amide bonds. The lowest BCUT2D eigenvalue weighted by Gasteiger charge is -2.23. The van der Waals surface area contributed by atoms with Gasteiger partial charge in [-0.15, -0.1) is 5.10 Å². The second-order valence-electron chi connectivity index (χ2n) is 6.82. The van der Waals surface area contributed by atoms with Crippen LogP contribution in [0.15, 0.2) is 60.7 Å². The summed E-state index contributed by atoms with van der Waals surface area (Å²) in [5.74, 6) is 2.12. The molecule has 0 aliphatic rings. The van der Waals surface area contributed by atoms with Crippen molar-refractivity contribution in [1.29, 1.82) is 0 Å². The first-order valence-corrected chi connectivity index (χ1v) is 9.35. The predicted molar refractivity (Wildman–Crippen MR) is 111 cm³/mol. The number of rotatable bonds is 6. The van der Waals surface area contributed by atoms with Crippen molar-refractivity contribution in [1.82, 2.24) is 19.6 Å². The number of anilines is 1. The van der Waals surface area contributed by atoms with E-state index in [-0.39, 0.29) is 6.61 Å². The number of hydrogen-bond acceptors (Lipinski definition) is 5. The Morgan fingerprint density at radius 2 is 1.64 bits per heavy atom. The Labute approximate surface area is 164 Å². The van der Waals surface area contributed by atoms with E-state index in [4.69, 9.17) is 10.1 Å². The number of aliphatic hydroxyl groups excluding tert-OH is 1. The second-order valence-corrected chi connectivity index (χ2v) is 6.82. The van der Waals surface area contributed by atoms with Crippen molar-refractivity contribution in [3.63, 3.8) is 0 Å². The van der Waals surface area contributed by atoms with Crippen molar-refractivity contribution in [2.24, 2.45) is 0 Å². The molecule has 142 valence electrons. The number of likely N-dealkylation sites (N-methyl/N-ethyl adjacent to an activating group) is 1. The maximum absolute atomic E-state index is 9.50. The highest BCUT2D eigenvalue weighted by atomic mass is 16.3. The summed E-state index contributed by atoms with van der Waals surface area (Å²) in [6.45, 7) is 2.57. The quantitative estimate of drug-likeness (QED) is 0.562. The summed E-state index contributed by atoms with van der Waals surface area (Å²) >= 11 is 0. The van der Waals surface area contributed by atoms with E-state index < -0.39 is 0 Å². The largest absolute Gasteiger partial charge is 0.395 e. The van der Waals surface area contributed by atoms with Gasteiger partial charge in [0, 0.05) is 36.8 Å². The predicted octanol–water partition coefficient (Wildman–Crippen LogP) is 3.12. The Kier molecular flexibility index (Phi) is 5.04. The SMILES string of the molecule is Cc1nc2nc(-c3ccccc3)nn2c(N(C)CCO)c1Cc1ccccc1. The van der Waals surface area contributed by atoms with Crippen molar-refractivity contribution in [2.45, 2.75) is 13.3 Å². The molecule has 1 N–H and O–H groups in total. The van der Waals surface area contributed by atoms with Crippen LogP contribution in [-0.2, 0) is 6.42 Å². The minimum atomic E-state index is 0.0599. The average molecular weight is 373 g/mol. The van der Waals surface area contributed by atoms with E-state index in [1.165, 1.54) is 5.56 Å². The van der Waals surface area contributed by atoms with Crippen LogP contribution in [0.4, 0.5) is 5.82 Å². The fourth-order valence-corrected chi connectivity index (χ4v) is 3.39. The van der Waals surface area contributed by atoms with Crippen molar-refractivity contribution in [3.8, 4) is 11.4 Å². The molecule has 4 aromatic rings. The Hall–Kier alpha value is -3.25. The minimum absolute atomic E-state index is 0.0599. The maximum Gasteiger partial charge on any atom is 0.254 e. The van der Waals surface area contributed by atoms with Gasteiger partial charge >= 0.3 is 0 Å². The van der Waals surface area contributed by atoms with Gasteiger partial charge in [-0.1, -0.05) is 60.7 Å². The maximum atomic E-state index is 9.50. The lowest BCUT2D eigenvalue weighted by atomic mass is 10.0. The third kappa shape index (κ3) is 3.46. The summed E-state index contributed by atoms with van der Waals surface area (Å²) in [5.41, 5.74) is 4.15. The zero-order valence-corrected chi connectivity index (χ0v) is 16.1. The molecule has 0 spiro atoms. The van der Waals surface area contributed by atoms with Crippen molar-refractivity contribution >= 4 is 11.6 Å². The highest BCUT2D eigenvalue weighted by molar-refractivity contribution is 5.61. The molecule has 0 radical (unpaired) electrons. The van der Waals surface area contributed by atoms with Crippen molar-refractivity contribution in [3.05, 3.63) is 77.5 Å². The number of aliphatic hydroxyl groups is 1. The summed E-state index contributed by atoms with van der Waals surface area (Å²) in [5, 5.41) is 14.3. The van der Waals surface area contributed by atoms with E-state index in [1.54, 1.807) is 4.52 Å². The summed E-state index contributed by atoms with van der Waals surface area (Å²) < 4.78 is 1.79. The number of fused-ring (bicyclic) bond motifs is 1. The van der Waals surface area contributed by atoms with Gasteiger partial charge in [-0.25, -0.2) is 4.98 Å². The van der Waals surface area contributed by atoms with Gasteiger partial charge < -0.3 is 10.0 Å². The molecule has 4 rings (SSSR count). The zero-order valence-electron chi connectivity index (χ0n) is 16.1. The van der Waals surface area contributed by atoms with E-state index in [1.807, 2.05) is 67.4 Å². The molecule has 0 saturated heterocycles. The van der Waals surface area contributed by atoms with E-state index >= 15 is 0 Å². The van der Waals surface area contributed by atoms with Gasteiger partial charge in [-0.3, -0.25) is 0 Å². The van der Waals surface area contributed by atoms with Crippen LogP contribution in [0.5, 0.6) is 0 Å². The smallest absolute Gasteiger partial charge is 0.254 e. The molecule has 6 heteroatoms. The molecule has 2 heterocycles. The first-order chi connectivity index (χ1) is 13.7. The summed E-state index contributed by atoms with van der Waals surface area (Å²) in [7, 11) is 1.96. The molecule has 0 aliphatic heterocycles. The molecule has 6 nitrogen and oxygen atoms in total. The minimum Gasteiger partial charge on any atom is -0.395 e. The lowest BCUT2D eigenvalue weighted by molar-refractivity contribution is 0.303. The van der Waals surface area contributed by atoms with Crippen molar-refractivity contribution in [2.75, 3.05) is 25.1 Å². The van der Waals surface area contributed by atoms with Crippen LogP contribution in [0, 0.1) is 6.92 Å². The normalized spacial score (nSPS) is 11.1. The Balaban J connectivity index is 1.90. The third-order valence-corrected chi connectivity index (χ3v) is 4.82. The molecule has 0 fully saturated rings. The monoisotopic (exact) mass is 373 g/mol. The van der Waals surface area contributed by atoms with Gasteiger partial charge in [0.25, 0.3) is 5.78 Å². The van der Waals surface area contributed by atoms with Crippen LogP contribution in [-0.4, -0.2) is 44.9 Å². The Bertz CT molecular complexity index is 1080. The number of nitrogens with zero attached hydrogens (tertiary/aromatic N) is 5. The zero-order chi connectivity index (χ0) is 19.5. The van der Waals surface area contributed by atoms with Gasteiger partial charge in [-0.2, -0.15) is 9.50 Å². The molecule has 2 aromatic heterocycles. The molecule has 0 saturated carbocycles. The average Bonchev–Trinajstić information content (AvgIpc) is 3.13. The second kappa shape index (κ2) is 7.78. The Morgan fingerprint density at radius 3 is 2.32 bits per heavy atom. The summed E-state index contributed by atoms with van der Waals surface area (Å²) in [6.07, 6.45) is 0.737. The van der Waals surface area contributed by atoms with Crippen LogP contribution in [0.25, 0.3) is 17.2 Å². The molecule has 0 atom stereocenters. The summed E-state index contributed by atoms with van der Waals surface area (Å²) in [4.78, 5) is 11.4. The number of aromatic nitrogens is 4. The van der Waals surface area contributed by atoms with Gasteiger partial charge in [0.2, 0.25) is 0 Å². The summed E-state index contributed by atoms with van der Waals surface area (Å²) in [6, 6.07) is 20.2. The van der Waals surface area contributed by atoms with Crippen LogP contribution in [0.3, 0.4) is 0 Å². The third-order valence-electron chi connectivity index (χ3n) is 4.82. The van der Waals surface area contributed by atoms with Crippen LogP contribution in [0.2, 0.25) is 0 Å². The fourth-order valence-electron chi connectivity index (χ4n) is 3.39. The van der Waals surface area contributed by atoms with E-state index in [2.05, 4.69) is 17.1 Å². The van der Waals surface area contributed by atoms with Gasteiger partial charge in [0.1, 0.15) is 5.82 Å². The van der Waals surface area contributed by atoms with E-state index in [0.717, 1.165) is 29.1 Å². The number of benzene rings is 2. The van der Waals surface area contributed by atoms with Gasteiger partial charge in [0.15, 0.2) is 5.82 Å². The highest BCUT2D eigenvalue weighted by Gasteiger charge is 2.20. The standard InChI is InChI=1S/C22H23N5O/c1-16-19(15-17-9-5-3-6-10-17)21(26(2)13-14-28)27-22(23-16)24-20(25-27)18-11-7-4-8-12-18/h3-12,28H,13-15H2,1-2H3. The topological polar surface area (TPSA) is 66.5 Å². The molecule has 0 aliphatic carbocycles. The molecular weight excluding hydrogens is 350 g/mol. The number of hydrogen-bond donors (Lipinski definition) is 1. The van der Waals surface area contributed by atoms with E-state index in [9.17, 15) is 5.11 Å². The molecule has 0 bridgehead atoms. The first kappa shape index (κ1) is 18.1. The van der Waals surface area contributed by atoms with Crippen LogP contribution >= 0.6 is 0 Å². The molecular formula is C22H23N5O. The Morgan fingerprint density at radius 1 is 0.964 bits per heavy atom. The molecule has 2 aromatic carbocycles.